The van der Waals surface area contributed by atoms with E-state index in [9.17, 15) is 9.59 Å². The van der Waals surface area contributed by atoms with Gasteiger partial charge in [0.1, 0.15) is 11.9 Å². The minimum Gasteiger partial charge on any atom is -0.487 e. The maximum absolute atomic E-state index is 13.7. The fourth-order valence-corrected chi connectivity index (χ4v) is 5.01. The van der Waals surface area contributed by atoms with Gasteiger partial charge in [0.2, 0.25) is 5.88 Å². The fraction of sp³-hybridized carbons (Fsp3) is 0.519. The predicted octanol–water partition coefficient (Wildman–Crippen LogP) is 4.57. The number of benzene rings is 1. The summed E-state index contributed by atoms with van der Waals surface area (Å²) >= 11 is 0. The van der Waals surface area contributed by atoms with Gasteiger partial charge in [-0.05, 0) is 50.3 Å². The Balaban J connectivity index is 1.67. The normalized spacial score (nSPS) is 22.1. The molecule has 1 aromatic heterocycles. The molecule has 34 heavy (non-hydrogen) atoms. The molecule has 2 aromatic rings. The third kappa shape index (κ3) is 5.51. The van der Waals surface area contributed by atoms with Gasteiger partial charge in [0.25, 0.3) is 11.8 Å². The van der Waals surface area contributed by atoms with Crippen LogP contribution in [0.4, 0.5) is 0 Å². The first-order valence-electron chi connectivity index (χ1n) is 12.4. The van der Waals surface area contributed by atoms with Gasteiger partial charge in [0.15, 0.2) is 0 Å². The highest BCUT2D eigenvalue weighted by Gasteiger charge is 2.35. The number of amides is 2. The second-order valence-corrected chi connectivity index (χ2v) is 9.23. The lowest BCUT2D eigenvalue weighted by Crippen LogP contribution is -2.51. The molecule has 0 unspecified atom stereocenters. The zero-order valence-electron chi connectivity index (χ0n) is 20.2. The van der Waals surface area contributed by atoms with Crippen LogP contribution in [0.1, 0.15) is 72.1 Å². The topological polar surface area (TPSA) is 72.0 Å². The number of ether oxygens (including phenoxy) is 2. The van der Waals surface area contributed by atoms with Gasteiger partial charge in [0, 0.05) is 38.0 Å². The Kier molecular flexibility index (Phi) is 8.03. The SMILES string of the molecule is COc1cc(C(=O)N2CCCCCCN(C)C(=O)c3ccccc3O[C@H]3CCCC[C@H]32)ccn1. The van der Waals surface area contributed by atoms with Crippen molar-refractivity contribution in [3.63, 3.8) is 0 Å². The van der Waals surface area contributed by atoms with Gasteiger partial charge in [-0.25, -0.2) is 4.98 Å². The molecule has 2 amide bonds. The number of rotatable bonds is 2. The van der Waals surface area contributed by atoms with Crippen LogP contribution in [0.2, 0.25) is 0 Å². The molecule has 0 spiro atoms. The van der Waals surface area contributed by atoms with Crippen LogP contribution in [0.25, 0.3) is 0 Å². The summed E-state index contributed by atoms with van der Waals surface area (Å²) in [5.41, 5.74) is 1.16. The summed E-state index contributed by atoms with van der Waals surface area (Å²) in [5.74, 6) is 1.00. The van der Waals surface area contributed by atoms with Crippen molar-refractivity contribution in [2.24, 2.45) is 0 Å². The molecular weight excluding hydrogens is 430 g/mol. The maximum atomic E-state index is 13.7. The van der Waals surface area contributed by atoms with Crippen LogP contribution in [0, 0.1) is 0 Å². The number of pyridine rings is 1. The van der Waals surface area contributed by atoms with Crippen LogP contribution in [-0.2, 0) is 0 Å². The second-order valence-electron chi connectivity index (χ2n) is 9.23. The van der Waals surface area contributed by atoms with Crippen molar-refractivity contribution in [3.05, 3.63) is 53.7 Å². The number of hydrogen-bond acceptors (Lipinski definition) is 5. The molecule has 1 aliphatic heterocycles. The average Bonchev–Trinajstić information content (AvgIpc) is 2.88. The van der Waals surface area contributed by atoms with E-state index in [2.05, 4.69) is 4.98 Å². The molecule has 7 nitrogen and oxygen atoms in total. The van der Waals surface area contributed by atoms with Gasteiger partial charge in [-0.15, -0.1) is 0 Å². The Hall–Kier alpha value is -3.09. The first-order chi connectivity index (χ1) is 16.6. The highest BCUT2D eigenvalue weighted by atomic mass is 16.5. The molecular formula is C27H35N3O4. The first-order valence-corrected chi connectivity index (χ1v) is 12.4. The van der Waals surface area contributed by atoms with E-state index in [-0.39, 0.29) is 24.0 Å². The summed E-state index contributed by atoms with van der Waals surface area (Å²) in [7, 11) is 3.41. The Bertz CT molecular complexity index is 995. The molecule has 1 saturated carbocycles. The third-order valence-electron chi connectivity index (χ3n) is 6.90. The molecule has 2 atom stereocenters. The van der Waals surface area contributed by atoms with Crippen LogP contribution in [0.15, 0.2) is 42.6 Å². The van der Waals surface area contributed by atoms with E-state index in [1.165, 1.54) is 0 Å². The van der Waals surface area contributed by atoms with E-state index in [4.69, 9.17) is 9.47 Å². The number of aromatic nitrogens is 1. The van der Waals surface area contributed by atoms with E-state index in [0.29, 0.717) is 35.8 Å². The van der Waals surface area contributed by atoms with Gasteiger partial charge < -0.3 is 19.3 Å². The number of para-hydroxylation sites is 1. The van der Waals surface area contributed by atoms with Crippen molar-refractivity contribution in [1.82, 2.24) is 14.8 Å². The molecule has 7 heteroatoms. The van der Waals surface area contributed by atoms with Gasteiger partial charge in [-0.2, -0.15) is 0 Å². The Labute approximate surface area is 202 Å². The van der Waals surface area contributed by atoms with Crippen LogP contribution in [-0.4, -0.2) is 66.0 Å². The molecule has 0 saturated heterocycles. The number of carbonyl (C=O) groups is 2. The van der Waals surface area contributed by atoms with Crippen molar-refractivity contribution >= 4 is 11.8 Å². The van der Waals surface area contributed by atoms with E-state index < -0.39 is 0 Å². The molecule has 0 N–H and O–H groups in total. The molecule has 2 aliphatic rings. The van der Waals surface area contributed by atoms with Crippen molar-refractivity contribution in [2.75, 3.05) is 27.2 Å². The van der Waals surface area contributed by atoms with Crippen LogP contribution < -0.4 is 9.47 Å². The van der Waals surface area contributed by atoms with Crippen molar-refractivity contribution in [1.29, 1.82) is 0 Å². The van der Waals surface area contributed by atoms with Gasteiger partial charge in [-0.1, -0.05) is 31.4 Å². The summed E-state index contributed by atoms with van der Waals surface area (Å²) < 4.78 is 11.8. The smallest absolute Gasteiger partial charge is 0.257 e. The molecule has 0 bridgehead atoms. The summed E-state index contributed by atoms with van der Waals surface area (Å²) in [6.45, 7) is 1.39. The lowest BCUT2D eigenvalue weighted by atomic mass is 9.90. The number of nitrogens with zero attached hydrogens (tertiary/aromatic N) is 3. The largest absolute Gasteiger partial charge is 0.487 e. The number of methoxy groups -OCH3 is 1. The Morgan fingerprint density at radius 3 is 2.62 bits per heavy atom. The molecule has 0 radical (unpaired) electrons. The summed E-state index contributed by atoms with van der Waals surface area (Å²) in [4.78, 5) is 34.8. The lowest BCUT2D eigenvalue weighted by molar-refractivity contribution is 0.0267. The fourth-order valence-electron chi connectivity index (χ4n) is 5.01. The average molecular weight is 466 g/mol. The highest BCUT2D eigenvalue weighted by molar-refractivity contribution is 5.97. The number of carbonyl (C=O) groups excluding carboxylic acids is 2. The quantitative estimate of drug-likeness (QED) is 0.650. The highest BCUT2D eigenvalue weighted by Crippen LogP contribution is 2.31. The van der Waals surface area contributed by atoms with Crippen LogP contribution >= 0.6 is 0 Å². The first kappa shape index (κ1) is 24.0. The van der Waals surface area contributed by atoms with E-state index in [0.717, 1.165) is 51.4 Å². The van der Waals surface area contributed by atoms with E-state index in [1.54, 1.807) is 30.3 Å². The van der Waals surface area contributed by atoms with E-state index >= 15 is 0 Å². The summed E-state index contributed by atoms with van der Waals surface area (Å²) in [6.07, 6.45) is 9.18. The van der Waals surface area contributed by atoms with Crippen molar-refractivity contribution in [2.45, 2.75) is 63.5 Å². The minimum atomic E-state index is -0.163. The molecule has 1 fully saturated rings. The Morgan fingerprint density at radius 1 is 1.03 bits per heavy atom. The van der Waals surface area contributed by atoms with E-state index in [1.807, 2.05) is 36.2 Å². The maximum Gasteiger partial charge on any atom is 0.257 e. The summed E-state index contributed by atoms with van der Waals surface area (Å²) in [6, 6.07) is 10.9. The molecule has 2 heterocycles. The zero-order valence-corrected chi connectivity index (χ0v) is 20.2. The standard InChI is InChI=1S/C27H35N3O4/c1-29-17-9-3-4-10-18-30(26(31)20-15-16-28-25(19-20)33-2)22-12-6-8-14-24(22)34-23-13-7-5-11-21(23)27(29)32/h5,7,11,13,15-16,19,22,24H,3-4,6,8-10,12,14,17-18H2,1-2H3/t22-,24+/m1/s1. The lowest BCUT2D eigenvalue weighted by Gasteiger charge is -2.40. The van der Waals surface area contributed by atoms with Gasteiger partial charge in [0.05, 0.1) is 18.7 Å². The van der Waals surface area contributed by atoms with Crippen LogP contribution in [0.3, 0.4) is 0 Å². The van der Waals surface area contributed by atoms with Crippen molar-refractivity contribution in [3.8, 4) is 11.6 Å². The second kappa shape index (κ2) is 11.4. The monoisotopic (exact) mass is 465 g/mol. The number of hydrogen-bond donors (Lipinski definition) is 0. The Morgan fingerprint density at radius 2 is 1.79 bits per heavy atom. The minimum absolute atomic E-state index is 0.0163. The molecule has 1 aromatic carbocycles. The molecule has 182 valence electrons. The third-order valence-corrected chi connectivity index (χ3v) is 6.90. The molecule has 4 rings (SSSR count). The summed E-state index contributed by atoms with van der Waals surface area (Å²) in [5, 5.41) is 0. The van der Waals surface area contributed by atoms with Gasteiger partial charge in [-0.3, -0.25) is 9.59 Å². The molecule has 1 aliphatic carbocycles. The number of fused-ring (bicyclic) bond motifs is 2. The predicted molar refractivity (Wildman–Crippen MR) is 130 cm³/mol. The van der Waals surface area contributed by atoms with Crippen LogP contribution in [0.5, 0.6) is 11.6 Å². The zero-order chi connectivity index (χ0) is 23.9. The van der Waals surface area contributed by atoms with Gasteiger partial charge >= 0.3 is 0 Å². The van der Waals surface area contributed by atoms with Crippen molar-refractivity contribution < 1.29 is 19.1 Å².